The molecule has 1 aliphatic heterocycles. The molecule has 1 aromatic rings. The molecule has 1 fully saturated rings. The summed E-state index contributed by atoms with van der Waals surface area (Å²) in [7, 11) is -1.83. The van der Waals surface area contributed by atoms with Gasteiger partial charge in [0, 0.05) is 18.7 Å². The first-order chi connectivity index (χ1) is 14.6. The van der Waals surface area contributed by atoms with Crippen LogP contribution in [0.2, 0.25) is 0 Å². The Kier molecular flexibility index (Phi) is 9.33. The third-order valence-electron chi connectivity index (χ3n) is 5.20. The Labute approximate surface area is 179 Å². The van der Waals surface area contributed by atoms with Crippen molar-refractivity contribution < 1.29 is 37.5 Å². The van der Waals surface area contributed by atoms with E-state index in [0.29, 0.717) is 18.7 Å². The molecule has 172 valence electrons. The zero-order chi connectivity index (χ0) is 23.1. The van der Waals surface area contributed by atoms with Gasteiger partial charge in [-0.3, -0.25) is 9.59 Å². The molecule has 1 saturated heterocycles. The van der Waals surface area contributed by atoms with Crippen molar-refractivity contribution in [2.75, 3.05) is 18.1 Å². The van der Waals surface area contributed by atoms with E-state index in [1.807, 2.05) is 13.8 Å². The topological polar surface area (TPSA) is 99.1 Å². The molecule has 1 aromatic carbocycles. The number of carbonyl (C=O) groups excluding carboxylic acids is 2. The normalized spacial score (nSPS) is 18.0. The van der Waals surface area contributed by atoms with Gasteiger partial charge in [0.25, 0.3) is 0 Å². The van der Waals surface area contributed by atoms with Crippen LogP contribution in [0.3, 0.4) is 0 Å². The molecular weight excluding hydrogens is 416 g/mol. The minimum atomic E-state index is -3.11. The first kappa shape index (κ1) is 25.2. The number of amides is 1. The van der Waals surface area contributed by atoms with Gasteiger partial charge in [-0.25, -0.2) is 4.39 Å². The van der Waals surface area contributed by atoms with Crippen LogP contribution in [-0.4, -0.2) is 60.6 Å². The molecule has 7 nitrogen and oxygen atoms in total. The second-order valence-electron chi connectivity index (χ2n) is 8.09. The van der Waals surface area contributed by atoms with Crippen LogP contribution in [-0.2, 0) is 14.3 Å². The quantitative estimate of drug-likeness (QED) is 0.425. The molecular formula is C20H28BF3N2O5. The maximum Gasteiger partial charge on any atom is 0.475 e. The largest absolute Gasteiger partial charge is 0.475 e. The third-order valence-corrected chi connectivity index (χ3v) is 5.20. The highest BCUT2D eigenvalue weighted by molar-refractivity contribution is 6.43. The number of rotatable bonds is 12. The number of nitrogens with one attached hydrogen (secondary N) is 1. The zero-order valence-corrected chi connectivity index (χ0v) is 17.5. The molecule has 0 aliphatic carbocycles. The molecule has 1 aliphatic rings. The second-order valence-corrected chi connectivity index (χ2v) is 8.09. The van der Waals surface area contributed by atoms with Gasteiger partial charge in [-0.2, -0.15) is 8.78 Å². The van der Waals surface area contributed by atoms with E-state index in [9.17, 15) is 32.8 Å². The van der Waals surface area contributed by atoms with Crippen molar-refractivity contribution in [2.45, 2.75) is 51.7 Å². The molecule has 1 amide bonds. The lowest BCUT2D eigenvalue weighted by molar-refractivity contribution is -0.152. The smallest absolute Gasteiger partial charge is 0.426 e. The van der Waals surface area contributed by atoms with E-state index in [2.05, 4.69) is 10.1 Å². The molecule has 0 spiro atoms. The lowest BCUT2D eigenvalue weighted by atomic mass is 9.74. The summed E-state index contributed by atoms with van der Waals surface area (Å²) in [5.41, 5.74) is 0.649. The Balaban J connectivity index is 2.05. The Morgan fingerprint density at radius 1 is 1.26 bits per heavy atom. The van der Waals surface area contributed by atoms with E-state index in [-0.39, 0.29) is 24.5 Å². The van der Waals surface area contributed by atoms with Gasteiger partial charge in [-0.15, -0.1) is 0 Å². The third kappa shape index (κ3) is 7.51. The van der Waals surface area contributed by atoms with Crippen LogP contribution in [0.4, 0.5) is 18.9 Å². The van der Waals surface area contributed by atoms with Gasteiger partial charge in [0.05, 0.1) is 24.5 Å². The first-order valence-corrected chi connectivity index (χ1v) is 10.2. The number of anilines is 1. The number of alkyl halides is 2. The minimum absolute atomic E-state index is 0.0312. The van der Waals surface area contributed by atoms with E-state index >= 15 is 0 Å². The Morgan fingerprint density at radius 3 is 2.39 bits per heavy atom. The van der Waals surface area contributed by atoms with Crippen molar-refractivity contribution in [3.05, 3.63) is 30.1 Å². The summed E-state index contributed by atoms with van der Waals surface area (Å²) in [5, 5.41) is 21.4. The van der Waals surface area contributed by atoms with Gasteiger partial charge in [-0.1, -0.05) is 13.8 Å². The Morgan fingerprint density at radius 2 is 1.90 bits per heavy atom. The number of nitrogens with zero attached hydrogens (tertiary/aromatic N) is 1. The average Bonchev–Trinajstić information content (AvgIpc) is 2.64. The molecule has 2 rings (SSSR count). The van der Waals surface area contributed by atoms with Gasteiger partial charge >= 0.3 is 13.7 Å². The van der Waals surface area contributed by atoms with Gasteiger partial charge in [0.15, 0.2) is 5.78 Å². The molecule has 0 radical (unpaired) electrons. The van der Waals surface area contributed by atoms with Crippen LogP contribution in [0.1, 0.15) is 33.1 Å². The highest BCUT2D eigenvalue weighted by Crippen LogP contribution is 2.29. The summed E-state index contributed by atoms with van der Waals surface area (Å²) < 4.78 is 42.5. The number of halogens is 3. The van der Waals surface area contributed by atoms with Crippen molar-refractivity contribution in [3.63, 3.8) is 0 Å². The van der Waals surface area contributed by atoms with Crippen molar-refractivity contribution >= 4 is 24.5 Å². The van der Waals surface area contributed by atoms with Crippen LogP contribution >= 0.6 is 0 Å². The van der Waals surface area contributed by atoms with Gasteiger partial charge in [0.2, 0.25) is 5.91 Å². The van der Waals surface area contributed by atoms with E-state index in [1.165, 1.54) is 24.3 Å². The molecule has 0 aromatic heterocycles. The lowest BCUT2D eigenvalue weighted by Crippen LogP contribution is -2.54. The lowest BCUT2D eigenvalue weighted by Gasteiger charge is -2.42. The van der Waals surface area contributed by atoms with E-state index in [4.69, 9.17) is 0 Å². The van der Waals surface area contributed by atoms with E-state index in [0.717, 1.165) is 0 Å². The predicted octanol–water partition coefficient (Wildman–Crippen LogP) is 1.76. The number of carbonyl (C=O) groups is 2. The SMILES string of the molecule is CC(C)CC(NC(=O)C(COC(F)F)CC(=O)C1CCN1c1ccc(F)cc1)B(O)O. The maximum absolute atomic E-state index is 13.1. The van der Waals surface area contributed by atoms with Gasteiger partial charge in [-0.05, 0) is 43.0 Å². The number of ketones is 1. The minimum Gasteiger partial charge on any atom is -0.426 e. The molecule has 31 heavy (non-hydrogen) atoms. The number of Topliss-reactive ketones (excluding diaryl/α,β-unsaturated/α-hetero) is 1. The van der Waals surface area contributed by atoms with Crippen LogP contribution in [0.25, 0.3) is 0 Å². The molecule has 1 heterocycles. The van der Waals surface area contributed by atoms with E-state index in [1.54, 1.807) is 4.90 Å². The van der Waals surface area contributed by atoms with Crippen molar-refractivity contribution in [1.29, 1.82) is 0 Å². The fourth-order valence-corrected chi connectivity index (χ4v) is 3.52. The number of ether oxygens (including phenoxy) is 1. The molecule has 3 unspecified atom stereocenters. The highest BCUT2D eigenvalue weighted by Gasteiger charge is 2.37. The molecule has 0 bridgehead atoms. The molecule has 0 saturated carbocycles. The standard InChI is InChI=1S/C20H28BF3N2O5/c1-12(2)9-18(21(29)30)25-19(28)13(11-31-20(23)24)10-17(27)16-7-8-26(16)15-5-3-14(22)4-6-15/h3-6,12-13,16,18,20,29-30H,7-11H2,1-2H3,(H,25,28). The number of hydrogen-bond donors (Lipinski definition) is 3. The van der Waals surface area contributed by atoms with Crippen molar-refractivity contribution in [1.82, 2.24) is 5.32 Å². The monoisotopic (exact) mass is 444 g/mol. The molecule has 11 heteroatoms. The van der Waals surface area contributed by atoms with Crippen molar-refractivity contribution in [3.8, 4) is 0 Å². The average molecular weight is 444 g/mol. The second kappa shape index (κ2) is 11.5. The van der Waals surface area contributed by atoms with Crippen molar-refractivity contribution in [2.24, 2.45) is 11.8 Å². The fraction of sp³-hybridized carbons (Fsp3) is 0.600. The van der Waals surface area contributed by atoms with Gasteiger partial charge < -0.3 is 25.0 Å². The maximum atomic E-state index is 13.1. The number of benzene rings is 1. The molecule has 3 N–H and O–H groups in total. The summed E-state index contributed by atoms with van der Waals surface area (Å²) in [6.07, 6.45) is 0.420. The van der Waals surface area contributed by atoms with Crippen LogP contribution in [0.15, 0.2) is 24.3 Å². The zero-order valence-electron chi connectivity index (χ0n) is 17.5. The van der Waals surface area contributed by atoms with Crippen LogP contribution < -0.4 is 10.2 Å². The van der Waals surface area contributed by atoms with Gasteiger partial charge in [0.1, 0.15) is 5.82 Å². The van der Waals surface area contributed by atoms with Crippen LogP contribution in [0, 0.1) is 17.7 Å². The Hall–Kier alpha value is -2.11. The number of hydrogen-bond acceptors (Lipinski definition) is 6. The summed E-state index contributed by atoms with van der Waals surface area (Å²) in [6.45, 7) is 0.417. The first-order valence-electron chi connectivity index (χ1n) is 10.2. The Bertz CT molecular complexity index is 736. The summed E-state index contributed by atoms with van der Waals surface area (Å²) in [5.74, 6) is -3.70. The highest BCUT2D eigenvalue weighted by atomic mass is 19.3. The van der Waals surface area contributed by atoms with Crippen LogP contribution in [0.5, 0.6) is 0 Å². The predicted molar refractivity (Wildman–Crippen MR) is 109 cm³/mol. The molecule has 3 atom stereocenters. The van der Waals surface area contributed by atoms with E-state index < -0.39 is 50.0 Å². The summed E-state index contributed by atoms with van der Waals surface area (Å²) in [4.78, 5) is 27.2. The fourth-order valence-electron chi connectivity index (χ4n) is 3.52. The summed E-state index contributed by atoms with van der Waals surface area (Å²) >= 11 is 0. The summed E-state index contributed by atoms with van der Waals surface area (Å²) in [6, 6.07) is 5.08.